The monoisotopic (exact) mass is 625 g/mol. The van der Waals surface area contributed by atoms with Crippen LogP contribution in [0.15, 0.2) is 30.6 Å². The number of pyridine rings is 1. The first-order valence-electron chi connectivity index (χ1n) is 16.0. The fraction of sp³-hybridized carbons (Fsp3) is 0.531. The SMILES string of the molecule is CC(=O)N[C@@H]1[C@@H]2CC[C@H]1CN(c1nnc(-c3cnc(-c4ccc5cnc(N[C@@H]6CCCC[C@@H]6C)nn45)cc3N[C@H](C)C#N)s1)C2. The second-order valence-electron chi connectivity index (χ2n) is 12.9. The number of carbonyl (C=O) groups excluding carboxylic acids is 1. The molecule has 0 spiro atoms. The molecule has 3 fully saturated rings. The minimum atomic E-state index is -0.422. The molecule has 6 atom stereocenters. The fourth-order valence-corrected chi connectivity index (χ4v) is 8.20. The van der Waals surface area contributed by atoms with Crippen molar-refractivity contribution in [2.24, 2.45) is 17.8 Å². The van der Waals surface area contributed by atoms with Gasteiger partial charge in [-0.1, -0.05) is 31.1 Å². The van der Waals surface area contributed by atoms with Crippen molar-refractivity contribution >= 4 is 39.5 Å². The van der Waals surface area contributed by atoms with Crippen molar-refractivity contribution in [1.29, 1.82) is 5.26 Å². The molecule has 7 rings (SSSR count). The number of nitrogens with one attached hydrogen (secondary N) is 3. The summed E-state index contributed by atoms with van der Waals surface area (Å²) in [6.45, 7) is 7.42. The minimum absolute atomic E-state index is 0.0397. The molecular weight excluding hydrogens is 586 g/mol. The number of amides is 1. The summed E-state index contributed by atoms with van der Waals surface area (Å²) in [6.07, 6.45) is 10.7. The maximum atomic E-state index is 11.7. The number of carbonyl (C=O) groups is 1. The summed E-state index contributed by atoms with van der Waals surface area (Å²) in [7, 11) is 0. The van der Waals surface area contributed by atoms with E-state index in [1.807, 2.05) is 42.0 Å². The largest absolute Gasteiger partial charge is 0.369 e. The van der Waals surface area contributed by atoms with Gasteiger partial charge in [0.1, 0.15) is 6.04 Å². The third-order valence-corrected chi connectivity index (χ3v) is 10.7. The minimum Gasteiger partial charge on any atom is -0.369 e. The number of nitrogens with zero attached hydrogens (tertiary/aromatic N) is 8. The lowest BCUT2D eigenvalue weighted by Gasteiger charge is -2.37. The third-order valence-electron chi connectivity index (χ3n) is 9.68. The average molecular weight is 626 g/mol. The Morgan fingerprint density at radius 1 is 1.09 bits per heavy atom. The molecule has 2 bridgehead atoms. The van der Waals surface area contributed by atoms with Gasteiger partial charge in [-0.3, -0.25) is 9.78 Å². The lowest BCUT2D eigenvalue weighted by atomic mass is 9.86. The zero-order chi connectivity index (χ0) is 31.1. The van der Waals surface area contributed by atoms with Gasteiger partial charge in [-0.2, -0.15) is 5.26 Å². The lowest BCUT2D eigenvalue weighted by molar-refractivity contribution is -0.120. The Morgan fingerprint density at radius 2 is 1.89 bits per heavy atom. The zero-order valence-corrected chi connectivity index (χ0v) is 26.7. The van der Waals surface area contributed by atoms with Gasteiger partial charge in [-0.15, -0.1) is 15.3 Å². The van der Waals surface area contributed by atoms with E-state index in [0.29, 0.717) is 29.7 Å². The molecule has 2 saturated carbocycles. The first-order chi connectivity index (χ1) is 21.9. The molecule has 4 aromatic heterocycles. The number of fused-ring (bicyclic) bond motifs is 3. The summed E-state index contributed by atoms with van der Waals surface area (Å²) in [4.78, 5) is 23.5. The molecule has 2 aliphatic carbocycles. The van der Waals surface area contributed by atoms with Crippen LogP contribution >= 0.6 is 11.3 Å². The molecule has 0 aromatic carbocycles. The summed E-state index contributed by atoms with van der Waals surface area (Å²) < 4.78 is 1.88. The van der Waals surface area contributed by atoms with Gasteiger partial charge in [0.25, 0.3) is 0 Å². The van der Waals surface area contributed by atoms with Crippen LogP contribution < -0.4 is 20.9 Å². The number of anilines is 3. The molecule has 0 radical (unpaired) electrons. The highest BCUT2D eigenvalue weighted by Gasteiger charge is 2.43. The predicted octanol–water partition coefficient (Wildman–Crippen LogP) is 4.98. The van der Waals surface area contributed by atoms with Crippen LogP contribution in [0.2, 0.25) is 0 Å². The van der Waals surface area contributed by atoms with Crippen molar-refractivity contribution in [2.75, 3.05) is 28.6 Å². The topological polar surface area (TPSA) is 149 Å². The van der Waals surface area contributed by atoms with E-state index in [2.05, 4.69) is 49.0 Å². The number of aromatic nitrogens is 6. The number of hydrogen-bond donors (Lipinski definition) is 3. The van der Waals surface area contributed by atoms with E-state index in [-0.39, 0.29) is 11.9 Å². The number of rotatable bonds is 8. The second kappa shape index (κ2) is 12.2. The molecule has 45 heavy (non-hydrogen) atoms. The van der Waals surface area contributed by atoms with Crippen molar-refractivity contribution in [2.45, 2.75) is 77.4 Å². The van der Waals surface area contributed by atoms with Crippen LogP contribution in [0.1, 0.15) is 59.3 Å². The third kappa shape index (κ3) is 5.91. The van der Waals surface area contributed by atoms with Crippen molar-refractivity contribution < 1.29 is 4.79 Å². The number of nitriles is 1. The van der Waals surface area contributed by atoms with E-state index >= 15 is 0 Å². The highest BCUT2D eigenvalue weighted by Crippen LogP contribution is 2.41. The van der Waals surface area contributed by atoms with Crippen LogP contribution in [0.25, 0.3) is 27.5 Å². The van der Waals surface area contributed by atoms with Gasteiger partial charge in [-0.05, 0) is 68.6 Å². The van der Waals surface area contributed by atoms with Gasteiger partial charge in [0.05, 0.1) is 34.7 Å². The van der Waals surface area contributed by atoms with E-state index in [1.54, 1.807) is 6.92 Å². The Bertz CT molecular complexity index is 1730. The Labute approximate surface area is 266 Å². The molecule has 1 aliphatic heterocycles. The standard InChI is InChI=1S/C32H39N11OS/c1-18-6-4-5-7-25(18)38-31-35-14-23-10-11-28(43(23)41-31)27-12-26(36-19(2)13-33)24(15-34-27)30-39-40-32(45-30)42-16-21-8-9-22(17-42)29(21)37-20(3)44/h10-12,14-15,18-19,21-22,25,29H,4-9,16-17H2,1-3H3,(H,34,36)(H,37,44)(H,38,41)/t18-,19+,21-,22+,25+,29-/m0/s1. The normalized spacial score (nSPS) is 25.1. The highest BCUT2D eigenvalue weighted by atomic mass is 32.1. The van der Waals surface area contributed by atoms with Crippen molar-refractivity contribution in [3.05, 3.63) is 30.6 Å². The summed E-state index contributed by atoms with van der Waals surface area (Å²) in [5.41, 5.74) is 4.00. The zero-order valence-electron chi connectivity index (χ0n) is 25.9. The summed E-state index contributed by atoms with van der Waals surface area (Å²) in [6, 6.07) is 8.41. The van der Waals surface area contributed by atoms with E-state index in [1.165, 1.54) is 30.6 Å². The quantitative estimate of drug-likeness (QED) is 0.245. The molecular formula is C32H39N11OS. The summed E-state index contributed by atoms with van der Waals surface area (Å²) >= 11 is 1.53. The predicted molar refractivity (Wildman–Crippen MR) is 175 cm³/mol. The fourth-order valence-electron chi connectivity index (χ4n) is 7.31. The van der Waals surface area contributed by atoms with E-state index in [0.717, 1.165) is 70.6 Å². The molecule has 3 N–H and O–H groups in total. The van der Waals surface area contributed by atoms with E-state index in [4.69, 9.17) is 10.1 Å². The van der Waals surface area contributed by atoms with Crippen LogP contribution in [-0.2, 0) is 4.79 Å². The van der Waals surface area contributed by atoms with E-state index < -0.39 is 6.04 Å². The highest BCUT2D eigenvalue weighted by molar-refractivity contribution is 7.18. The lowest BCUT2D eigenvalue weighted by Crippen LogP contribution is -2.52. The van der Waals surface area contributed by atoms with Crippen LogP contribution in [-0.4, -0.2) is 66.9 Å². The van der Waals surface area contributed by atoms with Gasteiger partial charge < -0.3 is 20.9 Å². The van der Waals surface area contributed by atoms with Crippen LogP contribution in [0.4, 0.5) is 16.8 Å². The molecule has 0 unspecified atom stereocenters. The molecule has 1 saturated heterocycles. The molecule has 3 aliphatic rings. The first kappa shape index (κ1) is 29.4. The average Bonchev–Trinajstić information content (AvgIpc) is 3.74. The summed E-state index contributed by atoms with van der Waals surface area (Å²) in [5, 5.41) is 35.3. The molecule has 12 nitrogen and oxygen atoms in total. The molecule has 13 heteroatoms. The summed E-state index contributed by atoms with van der Waals surface area (Å²) in [5.74, 6) is 2.06. The van der Waals surface area contributed by atoms with Crippen molar-refractivity contribution in [3.8, 4) is 28.0 Å². The molecule has 1 amide bonds. The van der Waals surface area contributed by atoms with Gasteiger partial charge >= 0.3 is 0 Å². The molecule has 5 heterocycles. The maximum absolute atomic E-state index is 11.7. The smallest absolute Gasteiger partial charge is 0.241 e. The van der Waals surface area contributed by atoms with Crippen molar-refractivity contribution in [1.82, 2.24) is 35.1 Å². The van der Waals surface area contributed by atoms with E-state index in [9.17, 15) is 10.1 Å². The van der Waals surface area contributed by atoms with Gasteiger partial charge in [0, 0.05) is 44.0 Å². The van der Waals surface area contributed by atoms with Gasteiger partial charge in [0.2, 0.25) is 17.0 Å². The number of piperidine rings is 1. The maximum Gasteiger partial charge on any atom is 0.241 e. The van der Waals surface area contributed by atoms with Crippen LogP contribution in [0, 0.1) is 29.1 Å². The molecule has 234 valence electrons. The van der Waals surface area contributed by atoms with Crippen LogP contribution in [0.3, 0.4) is 0 Å². The Kier molecular flexibility index (Phi) is 7.99. The Hall–Kier alpha value is -4.31. The molecule has 4 aromatic rings. The Morgan fingerprint density at radius 3 is 2.64 bits per heavy atom. The Balaban J connectivity index is 1.16. The van der Waals surface area contributed by atoms with Gasteiger partial charge in [-0.25, -0.2) is 9.50 Å². The van der Waals surface area contributed by atoms with Crippen molar-refractivity contribution in [3.63, 3.8) is 0 Å². The number of hydrogen-bond acceptors (Lipinski definition) is 11. The first-order valence-corrected chi connectivity index (χ1v) is 16.8. The van der Waals surface area contributed by atoms with Crippen LogP contribution in [0.5, 0.6) is 0 Å². The second-order valence-corrected chi connectivity index (χ2v) is 13.8. The van der Waals surface area contributed by atoms with Gasteiger partial charge in [0.15, 0.2) is 5.01 Å².